The number of benzene rings is 3. The van der Waals surface area contributed by atoms with Crippen LogP contribution in [-0.2, 0) is 4.65 Å². The lowest BCUT2D eigenvalue weighted by molar-refractivity contribution is -0.0893. The van der Waals surface area contributed by atoms with E-state index in [1.807, 2.05) is 56.3 Å². The van der Waals surface area contributed by atoms with Crippen molar-refractivity contribution in [3.05, 3.63) is 78.9 Å². The summed E-state index contributed by atoms with van der Waals surface area (Å²) in [5, 5.41) is 13.6. The van der Waals surface area contributed by atoms with E-state index in [4.69, 9.17) is 4.65 Å². The molecular formula is C24H27BNO2. The minimum absolute atomic E-state index is 0.673. The minimum Gasteiger partial charge on any atom is -0.427 e. The number of hydrogen-bond donors (Lipinski definition) is 2. The second kappa shape index (κ2) is 8.21. The molecule has 3 aromatic rings. The van der Waals surface area contributed by atoms with Crippen LogP contribution in [0.1, 0.15) is 27.7 Å². The molecular weight excluding hydrogens is 345 g/mol. The smallest absolute Gasteiger partial charge is 0.330 e. The first-order chi connectivity index (χ1) is 13.2. The van der Waals surface area contributed by atoms with Gasteiger partial charge in [-0.3, -0.25) is 0 Å². The lowest BCUT2D eigenvalue weighted by Crippen LogP contribution is -2.49. The average Bonchev–Trinajstić information content (AvgIpc) is 2.67. The van der Waals surface area contributed by atoms with Crippen LogP contribution in [0.3, 0.4) is 0 Å². The summed E-state index contributed by atoms with van der Waals surface area (Å²) in [6, 6.07) is 26.7. The number of anilines is 2. The summed E-state index contributed by atoms with van der Waals surface area (Å²) in [6.45, 7) is 7.26. The maximum Gasteiger partial charge on any atom is 0.330 e. The topological polar surface area (TPSA) is 41.5 Å². The van der Waals surface area contributed by atoms with E-state index in [0.29, 0.717) is 0 Å². The number of nitrogens with one attached hydrogen (secondary N) is 1. The zero-order valence-electron chi connectivity index (χ0n) is 16.9. The Balaban J connectivity index is 1.63. The Hall–Kier alpha value is -2.56. The van der Waals surface area contributed by atoms with Crippen LogP contribution < -0.4 is 10.8 Å². The van der Waals surface area contributed by atoms with Gasteiger partial charge in [0.25, 0.3) is 0 Å². The van der Waals surface area contributed by atoms with Crippen molar-refractivity contribution in [1.82, 2.24) is 0 Å². The highest BCUT2D eigenvalue weighted by atomic mass is 16.5. The summed E-state index contributed by atoms with van der Waals surface area (Å²) in [6.07, 6.45) is 0. The Kier molecular flexibility index (Phi) is 5.92. The fraction of sp³-hybridized carbons (Fsp3) is 0.250. The Morgan fingerprint density at radius 2 is 1.21 bits per heavy atom. The maximum atomic E-state index is 10.2. The lowest BCUT2D eigenvalue weighted by Gasteiger charge is -2.37. The third-order valence-corrected chi connectivity index (χ3v) is 5.15. The van der Waals surface area contributed by atoms with E-state index < -0.39 is 11.2 Å². The van der Waals surface area contributed by atoms with E-state index in [2.05, 4.69) is 41.7 Å². The molecule has 0 saturated heterocycles. The molecule has 143 valence electrons. The second-order valence-corrected chi connectivity index (χ2v) is 8.00. The van der Waals surface area contributed by atoms with E-state index in [1.165, 1.54) is 0 Å². The van der Waals surface area contributed by atoms with Crippen LogP contribution in [0.5, 0.6) is 0 Å². The van der Waals surface area contributed by atoms with Crippen molar-refractivity contribution in [3.63, 3.8) is 0 Å². The molecule has 0 bridgehead atoms. The molecule has 0 unspecified atom stereocenters. The van der Waals surface area contributed by atoms with Crippen LogP contribution in [0.25, 0.3) is 11.1 Å². The van der Waals surface area contributed by atoms with Crippen molar-refractivity contribution in [2.24, 2.45) is 0 Å². The molecule has 3 aromatic carbocycles. The predicted molar refractivity (Wildman–Crippen MR) is 118 cm³/mol. The molecule has 3 rings (SSSR count). The van der Waals surface area contributed by atoms with E-state index in [0.717, 1.165) is 28.0 Å². The zero-order valence-corrected chi connectivity index (χ0v) is 16.9. The highest BCUT2D eigenvalue weighted by molar-refractivity contribution is 6.47. The summed E-state index contributed by atoms with van der Waals surface area (Å²) < 4.78 is 5.81. The molecule has 4 heteroatoms. The molecule has 0 aromatic heterocycles. The number of rotatable bonds is 7. The van der Waals surface area contributed by atoms with Crippen LogP contribution in [-0.4, -0.2) is 23.8 Å². The molecule has 0 aliphatic rings. The molecule has 2 N–H and O–H groups in total. The number of aliphatic hydroxyl groups is 1. The van der Waals surface area contributed by atoms with Gasteiger partial charge < -0.3 is 15.1 Å². The van der Waals surface area contributed by atoms with Crippen molar-refractivity contribution < 1.29 is 9.76 Å². The van der Waals surface area contributed by atoms with Gasteiger partial charge in [0.05, 0.1) is 11.2 Å². The van der Waals surface area contributed by atoms with Gasteiger partial charge >= 0.3 is 7.48 Å². The Morgan fingerprint density at radius 1 is 0.714 bits per heavy atom. The first kappa shape index (κ1) is 20.2. The van der Waals surface area contributed by atoms with E-state index in [1.54, 1.807) is 21.3 Å². The van der Waals surface area contributed by atoms with Crippen molar-refractivity contribution in [2.45, 2.75) is 38.9 Å². The first-order valence-corrected chi connectivity index (χ1v) is 9.51. The molecule has 0 amide bonds. The second-order valence-electron chi connectivity index (χ2n) is 8.00. The van der Waals surface area contributed by atoms with Crippen molar-refractivity contribution >= 4 is 24.3 Å². The number of para-hydroxylation sites is 1. The molecule has 28 heavy (non-hydrogen) atoms. The first-order valence-electron chi connectivity index (χ1n) is 9.51. The third kappa shape index (κ3) is 5.03. The molecule has 1 radical (unpaired) electrons. The van der Waals surface area contributed by atoms with Gasteiger partial charge in [0.2, 0.25) is 0 Å². The molecule has 3 nitrogen and oxygen atoms in total. The molecule has 0 aliphatic heterocycles. The van der Waals surface area contributed by atoms with Gasteiger partial charge in [-0.1, -0.05) is 60.1 Å². The van der Waals surface area contributed by atoms with Gasteiger partial charge in [0.15, 0.2) is 0 Å². The van der Waals surface area contributed by atoms with E-state index >= 15 is 0 Å². The summed E-state index contributed by atoms with van der Waals surface area (Å²) in [7, 11) is 1.70. The Bertz CT molecular complexity index is 883. The number of hydrogen-bond acceptors (Lipinski definition) is 3. The molecule has 0 heterocycles. The van der Waals surface area contributed by atoms with Gasteiger partial charge in [-0.25, -0.2) is 0 Å². The van der Waals surface area contributed by atoms with Crippen LogP contribution >= 0.6 is 0 Å². The fourth-order valence-electron chi connectivity index (χ4n) is 2.55. The highest BCUT2D eigenvalue weighted by Gasteiger charge is 2.35. The summed E-state index contributed by atoms with van der Waals surface area (Å²) in [5.74, 6) is 0. The normalized spacial score (nSPS) is 11.9. The monoisotopic (exact) mass is 372 g/mol. The van der Waals surface area contributed by atoms with Gasteiger partial charge in [-0.2, -0.15) is 0 Å². The molecule has 0 aliphatic carbocycles. The standard InChI is InChI=1S/C24H27BNO2/c1-23(2,27)24(3,4)28-25-20-14-10-18(11-15-20)19-12-16-22(17-13-19)26-21-8-6-5-7-9-21/h5-17,26-27H,1-4H3. The largest absolute Gasteiger partial charge is 0.427 e. The lowest BCUT2D eigenvalue weighted by atomic mass is 9.82. The maximum absolute atomic E-state index is 10.2. The van der Waals surface area contributed by atoms with Crippen LogP contribution in [0, 0.1) is 0 Å². The quantitative estimate of drug-likeness (QED) is 0.579. The zero-order chi connectivity index (χ0) is 20.2. The fourth-order valence-corrected chi connectivity index (χ4v) is 2.55. The average molecular weight is 372 g/mol. The summed E-state index contributed by atoms with van der Waals surface area (Å²) in [4.78, 5) is 0. The molecule has 0 saturated carbocycles. The highest BCUT2D eigenvalue weighted by Crippen LogP contribution is 2.25. The van der Waals surface area contributed by atoms with E-state index in [9.17, 15) is 5.11 Å². The van der Waals surface area contributed by atoms with Gasteiger partial charge in [-0.05, 0) is 63.1 Å². The molecule has 0 spiro atoms. The summed E-state index contributed by atoms with van der Waals surface area (Å²) in [5.41, 5.74) is 3.79. The van der Waals surface area contributed by atoms with Crippen LogP contribution in [0.4, 0.5) is 11.4 Å². The Labute approximate surface area is 168 Å². The van der Waals surface area contributed by atoms with Crippen molar-refractivity contribution in [1.29, 1.82) is 0 Å². The minimum atomic E-state index is -0.932. The van der Waals surface area contributed by atoms with Crippen LogP contribution in [0.2, 0.25) is 0 Å². The van der Waals surface area contributed by atoms with E-state index in [-0.39, 0.29) is 0 Å². The van der Waals surface area contributed by atoms with Gasteiger partial charge in [0, 0.05) is 11.4 Å². The summed E-state index contributed by atoms with van der Waals surface area (Å²) >= 11 is 0. The Morgan fingerprint density at radius 3 is 1.75 bits per heavy atom. The van der Waals surface area contributed by atoms with Gasteiger partial charge in [0.1, 0.15) is 0 Å². The predicted octanol–water partition coefficient (Wildman–Crippen LogP) is 4.91. The van der Waals surface area contributed by atoms with Gasteiger partial charge in [-0.15, -0.1) is 0 Å². The third-order valence-electron chi connectivity index (χ3n) is 5.15. The van der Waals surface area contributed by atoms with Crippen molar-refractivity contribution in [2.75, 3.05) is 5.32 Å². The SMILES string of the molecule is CC(C)(O)C(C)(C)O[B]c1ccc(-c2ccc(Nc3ccccc3)cc2)cc1. The van der Waals surface area contributed by atoms with Crippen molar-refractivity contribution in [3.8, 4) is 11.1 Å². The molecule has 0 fully saturated rings. The van der Waals surface area contributed by atoms with Crippen LogP contribution in [0.15, 0.2) is 78.9 Å². The molecule has 0 atom stereocenters.